The molecule has 0 spiro atoms. The first-order chi connectivity index (χ1) is 17.1. The van der Waals surface area contributed by atoms with E-state index in [-0.39, 0.29) is 11.7 Å². The molecule has 3 aromatic carbocycles. The number of nitrogens with one attached hydrogen (secondary N) is 1. The first-order valence-electron chi connectivity index (χ1n) is 10.9. The number of para-hydroxylation sites is 1. The second kappa shape index (κ2) is 11.4. The summed E-state index contributed by atoms with van der Waals surface area (Å²) in [5, 5.41) is 12.4. The number of amides is 1. The highest BCUT2D eigenvalue weighted by atomic mass is 32.2. The predicted molar refractivity (Wildman–Crippen MR) is 135 cm³/mol. The number of hydrogen-bond donors (Lipinski definition) is 1. The molecular formula is C26H26N4O4S. The second-order valence-corrected chi connectivity index (χ2v) is 8.41. The van der Waals surface area contributed by atoms with Crippen molar-refractivity contribution in [2.24, 2.45) is 0 Å². The average Bonchev–Trinajstić information content (AvgIpc) is 3.35. The fourth-order valence-electron chi connectivity index (χ4n) is 3.49. The van der Waals surface area contributed by atoms with Crippen molar-refractivity contribution < 1.29 is 19.0 Å². The summed E-state index contributed by atoms with van der Waals surface area (Å²) in [5.74, 6) is 2.74. The summed E-state index contributed by atoms with van der Waals surface area (Å²) in [5.41, 5.74) is 2.68. The van der Waals surface area contributed by atoms with Crippen LogP contribution in [0.5, 0.6) is 17.2 Å². The van der Waals surface area contributed by atoms with Gasteiger partial charge in [0.25, 0.3) is 0 Å². The monoisotopic (exact) mass is 490 g/mol. The van der Waals surface area contributed by atoms with Crippen molar-refractivity contribution in [2.75, 3.05) is 27.1 Å². The molecule has 8 nitrogen and oxygen atoms in total. The fraction of sp³-hybridized carbons (Fsp3) is 0.192. The van der Waals surface area contributed by atoms with Crippen LogP contribution in [-0.2, 0) is 11.3 Å². The highest BCUT2D eigenvalue weighted by Crippen LogP contribution is 2.30. The summed E-state index contributed by atoms with van der Waals surface area (Å²) in [7, 11) is 4.80. The van der Waals surface area contributed by atoms with Crippen molar-refractivity contribution in [3.63, 3.8) is 0 Å². The molecule has 9 heteroatoms. The first kappa shape index (κ1) is 24.2. The lowest BCUT2D eigenvalue weighted by molar-refractivity contribution is -0.118. The number of methoxy groups -OCH3 is 3. The SMILES string of the molecule is COc1cccc(-c2nnc(SCC(=O)NCc3ccc(OC)c(OC)c3)n2-c2ccccc2)c1. The summed E-state index contributed by atoms with van der Waals surface area (Å²) >= 11 is 1.33. The van der Waals surface area contributed by atoms with E-state index in [1.54, 1.807) is 21.3 Å². The van der Waals surface area contributed by atoms with Crippen LogP contribution < -0.4 is 19.5 Å². The molecule has 180 valence electrons. The third kappa shape index (κ3) is 5.75. The number of ether oxygens (including phenoxy) is 3. The van der Waals surface area contributed by atoms with Crippen LogP contribution in [0.1, 0.15) is 5.56 Å². The summed E-state index contributed by atoms with van der Waals surface area (Å²) in [6.45, 7) is 0.375. The van der Waals surface area contributed by atoms with Gasteiger partial charge in [-0.25, -0.2) is 0 Å². The minimum Gasteiger partial charge on any atom is -0.497 e. The summed E-state index contributed by atoms with van der Waals surface area (Å²) < 4.78 is 17.9. The maximum absolute atomic E-state index is 12.6. The zero-order valence-corrected chi connectivity index (χ0v) is 20.5. The molecule has 0 bridgehead atoms. The van der Waals surface area contributed by atoms with Gasteiger partial charge >= 0.3 is 0 Å². The maximum atomic E-state index is 12.6. The Labute approximate surface area is 208 Å². The molecule has 0 unspecified atom stereocenters. The lowest BCUT2D eigenvalue weighted by Crippen LogP contribution is -2.24. The minimum absolute atomic E-state index is 0.115. The van der Waals surface area contributed by atoms with E-state index < -0.39 is 0 Å². The largest absolute Gasteiger partial charge is 0.497 e. The molecule has 1 heterocycles. The van der Waals surface area contributed by atoms with E-state index in [0.717, 1.165) is 22.6 Å². The smallest absolute Gasteiger partial charge is 0.230 e. The summed E-state index contributed by atoms with van der Waals surface area (Å²) in [6, 6.07) is 23.0. The fourth-order valence-corrected chi connectivity index (χ4v) is 4.28. The zero-order chi connectivity index (χ0) is 24.6. The maximum Gasteiger partial charge on any atom is 0.230 e. The van der Waals surface area contributed by atoms with Gasteiger partial charge in [-0.15, -0.1) is 10.2 Å². The van der Waals surface area contributed by atoms with Crippen molar-refractivity contribution in [2.45, 2.75) is 11.7 Å². The minimum atomic E-state index is -0.115. The van der Waals surface area contributed by atoms with Crippen molar-refractivity contribution >= 4 is 17.7 Å². The van der Waals surface area contributed by atoms with Crippen LogP contribution in [0.4, 0.5) is 0 Å². The lowest BCUT2D eigenvalue weighted by atomic mass is 10.2. The van der Waals surface area contributed by atoms with Crippen molar-refractivity contribution in [3.8, 4) is 34.3 Å². The number of rotatable bonds is 10. The van der Waals surface area contributed by atoms with E-state index in [4.69, 9.17) is 14.2 Å². The van der Waals surface area contributed by atoms with Crippen molar-refractivity contribution in [1.29, 1.82) is 0 Å². The standard InChI is InChI=1S/C26H26N4O4S/c1-32-21-11-7-8-19(15-21)25-28-29-26(30(25)20-9-5-4-6-10-20)35-17-24(31)27-16-18-12-13-22(33-2)23(14-18)34-3/h4-15H,16-17H2,1-3H3,(H,27,31). The van der Waals surface area contributed by atoms with Gasteiger partial charge in [-0.05, 0) is 42.0 Å². The molecule has 0 fully saturated rings. The Morgan fingerprint density at radius 3 is 2.43 bits per heavy atom. The zero-order valence-electron chi connectivity index (χ0n) is 19.7. The molecular weight excluding hydrogens is 464 g/mol. The van der Waals surface area contributed by atoms with Crippen LogP contribution in [0.2, 0.25) is 0 Å². The average molecular weight is 491 g/mol. The molecule has 4 aromatic rings. The van der Waals surface area contributed by atoms with Gasteiger partial charge in [0.15, 0.2) is 22.5 Å². The Hall–Kier alpha value is -3.98. The topological polar surface area (TPSA) is 87.5 Å². The van der Waals surface area contributed by atoms with E-state index in [1.165, 1.54) is 11.8 Å². The molecule has 0 aliphatic rings. The molecule has 0 aliphatic heterocycles. The normalized spacial score (nSPS) is 10.6. The molecule has 1 N–H and O–H groups in total. The quantitative estimate of drug-likeness (QED) is 0.330. The number of carbonyl (C=O) groups excluding carboxylic acids is 1. The number of thioether (sulfide) groups is 1. The highest BCUT2D eigenvalue weighted by molar-refractivity contribution is 7.99. The number of carbonyl (C=O) groups is 1. The Kier molecular flexibility index (Phi) is 7.89. The van der Waals surface area contributed by atoms with Crippen LogP contribution >= 0.6 is 11.8 Å². The summed E-state index contributed by atoms with van der Waals surface area (Å²) in [4.78, 5) is 12.6. The molecule has 1 aromatic heterocycles. The molecule has 0 radical (unpaired) electrons. The molecule has 1 amide bonds. The Bertz CT molecular complexity index is 1290. The van der Waals surface area contributed by atoms with Gasteiger partial charge in [-0.1, -0.05) is 48.2 Å². The van der Waals surface area contributed by atoms with E-state index in [9.17, 15) is 4.79 Å². The predicted octanol–water partition coefficient (Wildman–Crippen LogP) is 4.37. The van der Waals surface area contributed by atoms with E-state index in [0.29, 0.717) is 29.0 Å². The van der Waals surface area contributed by atoms with Crippen molar-refractivity contribution in [1.82, 2.24) is 20.1 Å². The lowest BCUT2D eigenvalue weighted by Gasteiger charge is -2.12. The van der Waals surface area contributed by atoms with Crippen LogP contribution in [0.3, 0.4) is 0 Å². The third-order valence-corrected chi connectivity index (χ3v) is 6.17. The molecule has 0 atom stereocenters. The van der Waals surface area contributed by atoms with Gasteiger partial charge in [-0.3, -0.25) is 9.36 Å². The van der Waals surface area contributed by atoms with Crippen LogP contribution in [0.15, 0.2) is 78.0 Å². The van der Waals surface area contributed by atoms with Gasteiger partial charge in [0.1, 0.15) is 5.75 Å². The third-order valence-electron chi connectivity index (χ3n) is 5.25. The van der Waals surface area contributed by atoms with Gasteiger partial charge in [-0.2, -0.15) is 0 Å². The molecule has 0 aliphatic carbocycles. The molecule has 0 saturated heterocycles. The number of aromatic nitrogens is 3. The van der Waals surface area contributed by atoms with E-state index in [1.807, 2.05) is 77.4 Å². The van der Waals surface area contributed by atoms with E-state index in [2.05, 4.69) is 15.5 Å². The number of nitrogens with zero attached hydrogens (tertiary/aromatic N) is 3. The Morgan fingerprint density at radius 2 is 1.69 bits per heavy atom. The number of benzene rings is 3. The van der Waals surface area contributed by atoms with Gasteiger partial charge in [0.2, 0.25) is 5.91 Å². The highest BCUT2D eigenvalue weighted by Gasteiger charge is 2.18. The molecule has 35 heavy (non-hydrogen) atoms. The summed E-state index contributed by atoms with van der Waals surface area (Å²) in [6.07, 6.45) is 0. The van der Waals surface area contributed by atoms with Gasteiger partial charge in [0.05, 0.1) is 27.1 Å². The van der Waals surface area contributed by atoms with Crippen LogP contribution in [-0.4, -0.2) is 47.8 Å². The van der Waals surface area contributed by atoms with E-state index >= 15 is 0 Å². The second-order valence-electron chi connectivity index (χ2n) is 7.46. The van der Waals surface area contributed by atoms with Gasteiger partial charge in [0, 0.05) is 17.8 Å². The first-order valence-corrected chi connectivity index (χ1v) is 11.9. The van der Waals surface area contributed by atoms with Crippen LogP contribution in [0.25, 0.3) is 17.1 Å². The van der Waals surface area contributed by atoms with Gasteiger partial charge < -0.3 is 19.5 Å². The number of hydrogen-bond acceptors (Lipinski definition) is 7. The van der Waals surface area contributed by atoms with Crippen LogP contribution in [0, 0.1) is 0 Å². The van der Waals surface area contributed by atoms with Crippen molar-refractivity contribution in [3.05, 3.63) is 78.4 Å². The molecule has 4 rings (SSSR count). The Morgan fingerprint density at radius 1 is 0.886 bits per heavy atom. The Balaban J connectivity index is 1.49. The molecule has 0 saturated carbocycles.